The van der Waals surface area contributed by atoms with Crippen LogP contribution in [0.1, 0.15) is 31.4 Å². The molecule has 1 fully saturated rings. The number of amides is 1. The van der Waals surface area contributed by atoms with E-state index < -0.39 is 0 Å². The van der Waals surface area contributed by atoms with Crippen molar-refractivity contribution in [3.05, 3.63) is 35.9 Å². The fourth-order valence-corrected chi connectivity index (χ4v) is 2.54. The minimum absolute atomic E-state index is 0.0888. The second-order valence-corrected chi connectivity index (χ2v) is 5.24. The monoisotopic (exact) mass is 246 g/mol. The lowest BCUT2D eigenvalue weighted by molar-refractivity contribution is -0.127. The van der Waals surface area contributed by atoms with Crippen LogP contribution in [0.3, 0.4) is 0 Å². The molecule has 0 unspecified atom stereocenters. The fraction of sp³-hybridized carbons (Fsp3) is 0.533. The Balaban J connectivity index is 1.91. The van der Waals surface area contributed by atoms with Crippen LogP contribution in [0.15, 0.2) is 30.3 Å². The Morgan fingerprint density at radius 2 is 2.11 bits per heavy atom. The van der Waals surface area contributed by atoms with E-state index in [1.807, 2.05) is 25.1 Å². The van der Waals surface area contributed by atoms with E-state index in [0.29, 0.717) is 0 Å². The van der Waals surface area contributed by atoms with Crippen LogP contribution >= 0.6 is 0 Å². The molecule has 98 valence electrons. The lowest BCUT2D eigenvalue weighted by Crippen LogP contribution is -2.42. The first-order valence-electron chi connectivity index (χ1n) is 6.70. The van der Waals surface area contributed by atoms with Gasteiger partial charge in [0, 0.05) is 6.54 Å². The van der Waals surface area contributed by atoms with Gasteiger partial charge in [-0.05, 0) is 38.9 Å². The summed E-state index contributed by atoms with van der Waals surface area (Å²) < 4.78 is 0. The van der Waals surface area contributed by atoms with Crippen molar-refractivity contribution in [3.63, 3.8) is 0 Å². The molecule has 18 heavy (non-hydrogen) atoms. The Hall–Kier alpha value is -1.35. The van der Waals surface area contributed by atoms with Gasteiger partial charge < -0.3 is 10.2 Å². The van der Waals surface area contributed by atoms with Gasteiger partial charge in [-0.1, -0.05) is 30.3 Å². The van der Waals surface area contributed by atoms with Crippen LogP contribution in [-0.2, 0) is 4.79 Å². The maximum Gasteiger partial charge on any atom is 0.224 e. The van der Waals surface area contributed by atoms with Gasteiger partial charge in [0.2, 0.25) is 5.91 Å². The molecule has 1 aliphatic heterocycles. The van der Waals surface area contributed by atoms with Crippen molar-refractivity contribution in [3.8, 4) is 0 Å². The van der Waals surface area contributed by atoms with Gasteiger partial charge in [-0.15, -0.1) is 0 Å². The summed E-state index contributed by atoms with van der Waals surface area (Å²) in [5.74, 6) is 0.341. The predicted molar refractivity (Wildman–Crippen MR) is 73.2 cm³/mol. The third-order valence-corrected chi connectivity index (χ3v) is 3.65. The number of likely N-dealkylation sites (tertiary alicyclic amines) is 1. The molecule has 0 aromatic heterocycles. The van der Waals surface area contributed by atoms with Gasteiger partial charge >= 0.3 is 0 Å². The van der Waals surface area contributed by atoms with E-state index in [1.54, 1.807) is 0 Å². The highest BCUT2D eigenvalue weighted by atomic mass is 16.2. The normalized spacial score (nSPS) is 22.4. The second-order valence-electron chi connectivity index (χ2n) is 5.24. The zero-order valence-electron chi connectivity index (χ0n) is 11.2. The molecule has 1 aliphatic rings. The highest BCUT2D eigenvalue weighted by Gasteiger charge is 2.24. The van der Waals surface area contributed by atoms with Gasteiger partial charge in [0.05, 0.1) is 12.0 Å². The smallest absolute Gasteiger partial charge is 0.224 e. The number of rotatable bonds is 3. The molecule has 0 spiro atoms. The highest BCUT2D eigenvalue weighted by molar-refractivity contribution is 5.79. The molecule has 0 aliphatic carbocycles. The summed E-state index contributed by atoms with van der Waals surface area (Å²) in [7, 11) is 2.08. The molecule has 3 nitrogen and oxygen atoms in total. The first-order chi connectivity index (χ1) is 8.66. The molecule has 1 heterocycles. The number of hydrogen-bond donors (Lipinski definition) is 1. The Bertz CT molecular complexity index is 391. The standard InChI is InChI=1S/C15H22N2O/c1-12(13-7-4-3-5-8-13)16-15(18)14-9-6-10-17(2)11-14/h3-5,7-8,12,14H,6,9-11H2,1-2H3,(H,16,18)/t12-,14-/m1/s1. The fourth-order valence-electron chi connectivity index (χ4n) is 2.54. The number of nitrogens with zero attached hydrogens (tertiary/aromatic N) is 1. The molecule has 0 radical (unpaired) electrons. The number of hydrogen-bond acceptors (Lipinski definition) is 2. The lowest BCUT2D eigenvalue weighted by atomic mass is 9.97. The molecule has 0 saturated carbocycles. The zero-order chi connectivity index (χ0) is 13.0. The van der Waals surface area contributed by atoms with Gasteiger partial charge in [0.1, 0.15) is 0 Å². The van der Waals surface area contributed by atoms with E-state index in [4.69, 9.17) is 0 Å². The van der Waals surface area contributed by atoms with Crippen LogP contribution < -0.4 is 5.32 Å². The Kier molecular flexibility index (Phi) is 4.37. The van der Waals surface area contributed by atoms with Gasteiger partial charge in [-0.3, -0.25) is 4.79 Å². The Morgan fingerprint density at radius 3 is 2.78 bits per heavy atom. The summed E-state index contributed by atoms with van der Waals surface area (Å²) in [5, 5.41) is 3.12. The first-order valence-corrected chi connectivity index (χ1v) is 6.70. The van der Waals surface area contributed by atoms with Crippen LogP contribution in [0.5, 0.6) is 0 Å². The quantitative estimate of drug-likeness (QED) is 0.887. The molecular formula is C15H22N2O. The first kappa shape index (κ1) is 13.1. The number of carbonyl (C=O) groups is 1. The molecule has 1 saturated heterocycles. The lowest BCUT2D eigenvalue weighted by Gasteiger charge is -2.29. The number of piperidine rings is 1. The summed E-state index contributed by atoms with van der Waals surface area (Å²) in [6.45, 7) is 4.03. The number of carbonyl (C=O) groups excluding carboxylic acids is 1. The average molecular weight is 246 g/mol. The largest absolute Gasteiger partial charge is 0.349 e. The van der Waals surface area contributed by atoms with E-state index in [0.717, 1.165) is 31.5 Å². The summed E-state index contributed by atoms with van der Waals surface area (Å²) in [5.41, 5.74) is 1.16. The third-order valence-electron chi connectivity index (χ3n) is 3.65. The van der Waals surface area contributed by atoms with E-state index >= 15 is 0 Å². The molecule has 3 heteroatoms. The molecule has 1 aromatic carbocycles. The maximum absolute atomic E-state index is 12.2. The van der Waals surface area contributed by atoms with Gasteiger partial charge in [0.25, 0.3) is 0 Å². The van der Waals surface area contributed by atoms with Gasteiger partial charge in [-0.2, -0.15) is 0 Å². The molecular weight excluding hydrogens is 224 g/mol. The van der Waals surface area contributed by atoms with Crippen molar-refractivity contribution in [2.75, 3.05) is 20.1 Å². The van der Waals surface area contributed by atoms with Gasteiger partial charge in [-0.25, -0.2) is 0 Å². The SMILES string of the molecule is C[C@@H](NC(=O)[C@@H]1CCCN(C)C1)c1ccccc1. The maximum atomic E-state index is 12.2. The topological polar surface area (TPSA) is 32.3 Å². The van der Waals surface area contributed by atoms with Crippen LogP contribution in [0.4, 0.5) is 0 Å². The van der Waals surface area contributed by atoms with Crippen LogP contribution in [0, 0.1) is 5.92 Å². The summed E-state index contributed by atoms with van der Waals surface area (Å²) in [4.78, 5) is 14.4. The molecule has 2 atom stereocenters. The molecule has 0 bridgehead atoms. The minimum Gasteiger partial charge on any atom is -0.349 e. The Morgan fingerprint density at radius 1 is 1.39 bits per heavy atom. The predicted octanol–water partition coefficient (Wildman–Crippen LogP) is 2.21. The molecule has 2 rings (SSSR count). The van der Waals surface area contributed by atoms with E-state index in [9.17, 15) is 4.79 Å². The second kappa shape index (κ2) is 6.01. The molecule has 1 amide bonds. The summed E-state index contributed by atoms with van der Waals surface area (Å²) >= 11 is 0. The van der Waals surface area contributed by atoms with Crippen molar-refractivity contribution in [2.45, 2.75) is 25.8 Å². The van der Waals surface area contributed by atoms with Crippen LogP contribution in [-0.4, -0.2) is 30.9 Å². The van der Waals surface area contributed by atoms with Crippen molar-refractivity contribution in [1.82, 2.24) is 10.2 Å². The van der Waals surface area contributed by atoms with E-state index in [1.165, 1.54) is 0 Å². The number of nitrogens with one attached hydrogen (secondary N) is 1. The average Bonchev–Trinajstić information content (AvgIpc) is 2.39. The van der Waals surface area contributed by atoms with Crippen molar-refractivity contribution in [2.24, 2.45) is 5.92 Å². The van der Waals surface area contributed by atoms with Crippen molar-refractivity contribution < 1.29 is 4.79 Å². The molecule has 1 aromatic rings. The van der Waals surface area contributed by atoms with Crippen LogP contribution in [0.25, 0.3) is 0 Å². The van der Waals surface area contributed by atoms with Crippen LogP contribution in [0.2, 0.25) is 0 Å². The summed E-state index contributed by atoms with van der Waals surface area (Å²) in [6.07, 6.45) is 2.13. The van der Waals surface area contributed by atoms with Crippen molar-refractivity contribution in [1.29, 1.82) is 0 Å². The van der Waals surface area contributed by atoms with E-state index in [2.05, 4.69) is 29.4 Å². The van der Waals surface area contributed by atoms with Crippen molar-refractivity contribution >= 4 is 5.91 Å². The van der Waals surface area contributed by atoms with E-state index in [-0.39, 0.29) is 17.9 Å². The number of benzene rings is 1. The third kappa shape index (κ3) is 3.33. The Labute approximate surface area is 109 Å². The van der Waals surface area contributed by atoms with Gasteiger partial charge in [0.15, 0.2) is 0 Å². The zero-order valence-corrected chi connectivity index (χ0v) is 11.2. The highest BCUT2D eigenvalue weighted by Crippen LogP contribution is 2.17. The summed E-state index contributed by atoms with van der Waals surface area (Å²) in [6, 6.07) is 10.2. The minimum atomic E-state index is 0.0888. The molecule has 1 N–H and O–H groups in total.